The van der Waals surface area contributed by atoms with Crippen LogP contribution in [0.15, 0.2) is 36.6 Å². The summed E-state index contributed by atoms with van der Waals surface area (Å²) in [5, 5.41) is 10.9. The van der Waals surface area contributed by atoms with Crippen molar-refractivity contribution in [3.05, 3.63) is 42.2 Å². The van der Waals surface area contributed by atoms with Crippen molar-refractivity contribution in [3.63, 3.8) is 0 Å². The molecule has 0 aromatic heterocycles. The van der Waals surface area contributed by atoms with Crippen LogP contribution < -0.4 is 10.2 Å². The molecular formula is C12H12N2O3. The lowest BCUT2D eigenvalue weighted by molar-refractivity contribution is -0.117. The van der Waals surface area contributed by atoms with E-state index in [1.807, 2.05) is 12.1 Å². The molecule has 0 aliphatic carbocycles. The number of aliphatic hydroxyl groups is 1. The Hall–Kier alpha value is -2.30. The van der Waals surface area contributed by atoms with E-state index in [-0.39, 0.29) is 12.5 Å². The molecule has 1 heterocycles. The average Bonchev–Trinajstić information content (AvgIpc) is 2.66. The van der Waals surface area contributed by atoms with Crippen molar-refractivity contribution in [2.24, 2.45) is 0 Å². The van der Waals surface area contributed by atoms with Crippen LogP contribution in [0.5, 0.6) is 0 Å². The quantitative estimate of drug-likeness (QED) is 0.610. The van der Waals surface area contributed by atoms with E-state index < -0.39 is 6.03 Å². The summed E-state index contributed by atoms with van der Waals surface area (Å²) in [4.78, 5) is 24.1. The second kappa shape index (κ2) is 4.69. The number of anilines is 1. The largest absolute Gasteiger partial charge is 0.516 e. The number of allylic oxidation sites excluding steroid dienone is 1. The zero-order chi connectivity index (χ0) is 12.3. The predicted octanol–water partition coefficient (Wildman–Crippen LogP) is 1.36. The highest BCUT2D eigenvalue weighted by Crippen LogP contribution is 2.22. The molecule has 2 N–H and O–H groups in total. The van der Waals surface area contributed by atoms with E-state index in [0.717, 1.165) is 11.8 Å². The number of carbonyl (C=O) groups is 2. The third-order valence-electron chi connectivity index (χ3n) is 2.52. The van der Waals surface area contributed by atoms with E-state index in [1.165, 1.54) is 4.90 Å². The molecule has 1 aliphatic rings. The van der Waals surface area contributed by atoms with Gasteiger partial charge in [-0.25, -0.2) is 4.79 Å². The second-order valence-electron chi connectivity index (χ2n) is 3.66. The van der Waals surface area contributed by atoms with E-state index in [0.29, 0.717) is 12.1 Å². The van der Waals surface area contributed by atoms with Gasteiger partial charge in [-0.05, 0) is 24.1 Å². The van der Waals surface area contributed by atoms with Crippen LogP contribution in [0.2, 0.25) is 0 Å². The minimum absolute atomic E-state index is 0.0404. The lowest BCUT2D eigenvalue weighted by atomic mass is 10.1. The number of carbonyl (C=O) groups excluding carboxylic acids is 2. The second-order valence-corrected chi connectivity index (χ2v) is 3.66. The molecule has 0 atom stereocenters. The van der Waals surface area contributed by atoms with Gasteiger partial charge < -0.3 is 5.11 Å². The maximum atomic E-state index is 11.5. The molecule has 0 unspecified atom stereocenters. The van der Waals surface area contributed by atoms with Gasteiger partial charge in [0.05, 0.1) is 6.26 Å². The molecule has 1 aliphatic heterocycles. The molecular weight excluding hydrogens is 220 g/mol. The summed E-state index contributed by atoms with van der Waals surface area (Å²) in [5.41, 5.74) is 1.57. The molecule has 0 saturated carbocycles. The fourth-order valence-electron chi connectivity index (χ4n) is 1.76. The normalized spacial score (nSPS) is 15.6. The molecule has 3 amide bonds. The van der Waals surface area contributed by atoms with Gasteiger partial charge in [-0.3, -0.25) is 15.0 Å². The Morgan fingerprint density at radius 2 is 2.12 bits per heavy atom. The Balaban J connectivity index is 2.31. The molecule has 0 spiro atoms. The van der Waals surface area contributed by atoms with Gasteiger partial charge in [0.2, 0.25) is 5.91 Å². The van der Waals surface area contributed by atoms with Crippen LogP contribution in [-0.2, 0) is 11.2 Å². The van der Waals surface area contributed by atoms with Crippen molar-refractivity contribution in [1.82, 2.24) is 5.32 Å². The maximum absolute atomic E-state index is 11.5. The first-order chi connectivity index (χ1) is 8.22. The highest BCUT2D eigenvalue weighted by atomic mass is 16.2. The number of benzene rings is 1. The van der Waals surface area contributed by atoms with E-state index in [1.54, 1.807) is 18.2 Å². The fourth-order valence-corrected chi connectivity index (χ4v) is 1.76. The monoisotopic (exact) mass is 232 g/mol. The summed E-state index contributed by atoms with van der Waals surface area (Å²) in [5.74, 6) is -0.303. The number of imide groups is 1. The molecule has 5 nitrogen and oxygen atoms in total. The van der Waals surface area contributed by atoms with Crippen molar-refractivity contribution >= 4 is 17.6 Å². The summed E-state index contributed by atoms with van der Waals surface area (Å²) < 4.78 is 0. The zero-order valence-corrected chi connectivity index (χ0v) is 9.09. The Morgan fingerprint density at radius 3 is 2.76 bits per heavy atom. The summed E-state index contributed by atoms with van der Waals surface area (Å²) in [6.07, 6.45) is 3.05. The lowest BCUT2D eigenvalue weighted by Gasteiger charge is -2.16. The van der Waals surface area contributed by atoms with Gasteiger partial charge in [0.1, 0.15) is 6.54 Å². The van der Waals surface area contributed by atoms with Crippen LogP contribution in [0.1, 0.15) is 5.56 Å². The molecule has 1 saturated heterocycles. The number of hydrogen-bond donors (Lipinski definition) is 2. The Kier molecular flexibility index (Phi) is 3.09. The SMILES string of the molecule is O=C1CN(c2ccccc2CC=CO)C(=O)N1. The smallest absolute Gasteiger partial charge is 0.329 e. The molecule has 5 heteroatoms. The molecule has 1 aromatic carbocycles. The Labute approximate surface area is 98.4 Å². The topological polar surface area (TPSA) is 69.6 Å². The maximum Gasteiger partial charge on any atom is 0.329 e. The van der Waals surface area contributed by atoms with Gasteiger partial charge in [0.25, 0.3) is 0 Å². The summed E-state index contributed by atoms with van der Waals surface area (Å²) in [7, 11) is 0. The number of aliphatic hydroxyl groups excluding tert-OH is 1. The number of nitrogens with zero attached hydrogens (tertiary/aromatic N) is 1. The van der Waals surface area contributed by atoms with Crippen molar-refractivity contribution in [2.75, 3.05) is 11.4 Å². The first-order valence-corrected chi connectivity index (χ1v) is 5.21. The summed E-state index contributed by atoms with van der Waals surface area (Å²) >= 11 is 0. The molecule has 2 rings (SSSR count). The number of rotatable bonds is 3. The predicted molar refractivity (Wildman–Crippen MR) is 62.8 cm³/mol. The molecule has 0 radical (unpaired) electrons. The molecule has 0 bridgehead atoms. The summed E-state index contributed by atoms with van der Waals surface area (Å²) in [6.45, 7) is 0.0404. The third-order valence-corrected chi connectivity index (χ3v) is 2.52. The first-order valence-electron chi connectivity index (χ1n) is 5.21. The number of para-hydroxylation sites is 1. The Bertz CT molecular complexity index is 482. The first kappa shape index (κ1) is 11.2. The average molecular weight is 232 g/mol. The zero-order valence-electron chi connectivity index (χ0n) is 9.09. The van der Waals surface area contributed by atoms with Crippen LogP contribution in [-0.4, -0.2) is 23.6 Å². The van der Waals surface area contributed by atoms with Gasteiger partial charge >= 0.3 is 6.03 Å². The number of hydrogen-bond acceptors (Lipinski definition) is 3. The Morgan fingerprint density at radius 1 is 1.35 bits per heavy atom. The lowest BCUT2D eigenvalue weighted by Crippen LogP contribution is -2.28. The summed E-state index contributed by atoms with van der Waals surface area (Å²) in [6, 6.07) is 6.87. The highest BCUT2D eigenvalue weighted by Gasteiger charge is 2.28. The van der Waals surface area contributed by atoms with Crippen LogP contribution in [0.3, 0.4) is 0 Å². The van der Waals surface area contributed by atoms with Gasteiger partial charge in [0.15, 0.2) is 0 Å². The standard InChI is InChI=1S/C12H12N2O3/c15-7-3-5-9-4-1-2-6-10(9)14-8-11(16)13-12(14)17/h1-4,6-7,15H,5,8H2,(H,13,16,17). The van der Waals surface area contributed by atoms with E-state index in [2.05, 4.69) is 5.32 Å². The number of nitrogens with one attached hydrogen (secondary N) is 1. The van der Waals surface area contributed by atoms with Crippen molar-refractivity contribution in [3.8, 4) is 0 Å². The highest BCUT2D eigenvalue weighted by molar-refractivity contribution is 6.12. The molecule has 1 aromatic rings. The van der Waals surface area contributed by atoms with Crippen molar-refractivity contribution in [1.29, 1.82) is 0 Å². The molecule has 88 valence electrons. The van der Waals surface area contributed by atoms with Crippen LogP contribution in [0.25, 0.3) is 0 Å². The van der Waals surface area contributed by atoms with Crippen LogP contribution >= 0.6 is 0 Å². The molecule has 1 fully saturated rings. The van der Waals surface area contributed by atoms with E-state index in [4.69, 9.17) is 5.11 Å². The van der Waals surface area contributed by atoms with Crippen molar-refractivity contribution in [2.45, 2.75) is 6.42 Å². The van der Waals surface area contributed by atoms with E-state index in [9.17, 15) is 9.59 Å². The van der Waals surface area contributed by atoms with Gasteiger partial charge in [0, 0.05) is 5.69 Å². The van der Waals surface area contributed by atoms with E-state index >= 15 is 0 Å². The number of amides is 3. The fraction of sp³-hybridized carbons (Fsp3) is 0.167. The number of urea groups is 1. The van der Waals surface area contributed by atoms with Gasteiger partial charge in [-0.2, -0.15) is 0 Å². The van der Waals surface area contributed by atoms with Crippen LogP contribution in [0.4, 0.5) is 10.5 Å². The van der Waals surface area contributed by atoms with Crippen molar-refractivity contribution < 1.29 is 14.7 Å². The van der Waals surface area contributed by atoms with Gasteiger partial charge in [-0.1, -0.05) is 18.2 Å². The van der Waals surface area contributed by atoms with Gasteiger partial charge in [-0.15, -0.1) is 0 Å². The third kappa shape index (κ3) is 2.28. The van der Waals surface area contributed by atoms with Crippen LogP contribution in [0, 0.1) is 0 Å². The minimum Gasteiger partial charge on any atom is -0.516 e. The minimum atomic E-state index is -0.407. The molecule has 17 heavy (non-hydrogen) atoms.